The van der Waals surface area contributed by atoms with Crippen LogP contribution in [-0.2, 0) is 0 Å². The smallest absolute Gasteiger partial charge is 0.121 e. The minimum absolute atomic E-state index is 0.0887. The van der Waals surface area contributed by atoms with Crippen LogP contribution >= 0.6 is 34.3 Å². The molecule has 98 valence electrons. The van der Waals surface area contributed by atoms with Gasteiger partial charge in [-0.1, -0.05) is 12.1 Å². The van der Waals surface area contributed by atoms with Gasteiger partial charge < -0.3 is 4.74 Å². The normalized spacial score (nSPS) is 12.8. The van der Waals surface area contributed by atoms with Gasteiger partial charge in [-0.05, 0) is 41.6 Å². The van der Waals surface area contributed by atoms with E-state index in [0.29, 0.717) is 0 Å². The molecule has 1 atom stereocenters. The Morgan fingerprint density at radius 3 is 2.68 bits per heavy atom. The molecule has 0 amide bonds. The molecule has 0 saturated carbocycles. The number of fused-ring (bicyclic) bond motifs is 1. The van der Waals surface area contributed by atoms with E-state index in [1.54, 1.807) is 29.8 Å². The van der Waals surface area contributed by atoms with E-state index >= 15 is 0 Å². The quantitative estimate of drug-likeness (QED) is 0.572. The van der Waals surface area contributed by atoms with Crippen LogP contribution in [0.25, 0.3) is 9.40 Å². The monoisotopic (exact) mass is 308 g/mol. The van der Waals surface area contributed by atoms with Crippen molar-refractivity contribution in [2.24, 2.45) is 0 Å². The molecule has 0 spiro atoms. The number of rotatable bonds is 3. The largest absolute Gasteiger partial charge is 0.496 e. The highest BCUT2D eigenvalue weighted by atomic mass is 35.5. The zero-order valence-corrected chi connectivity index (χ0v) is 13.0. The first kappa shape index (κ1) is 13.0. The van der Waals surface area contributed by atoms with Gasteiger partial charge in [0.05, 0.1) is 12.5 Å². The molecule has 3 rings (SSSR count). The molecule has 0 radical (unpaired) electrons. The topological polar surface area (TPSA) is 9.23 Å². The van der Waals surface area contributed by atoms with Crippen LogP contribution in [0.1, 0.15) is 21.4 Å². The molecule has 4 heteroatoms. The zero-order chi connectivity index (χ0) is 13.4. The van der Waals surface area contributed by atoms with Gasteiger partial charge in [-0.15, -0.1) is 34.3 Å². The third kappa shape index (κ3) is 2.38. The number of aryl methyl sites for hydroxylation is 1. The highest BCUT2D eigenvalue weighted by Gasteiger charge is 2.15. The Labute approximate surface area is 125 Å². The van der Waals surface area contributed by atoms with E-state index in [9.17, 15) is 0 Å². The maximum atomic E-state index is 6.60. The average Bonchev–Trinajstić information content (AvgIpc) is 2.98. The number of alkyl halides is 1. The highest BCUT2D eigenvalue weighted by molar-refractivity contribution is 7.27. The molecule has 0 aliphatic rings. The van der Waals surface area contributed by atoms with Crippen LogP contribution in [0.4, 0.5) is 0 Å². The summed E-state index contributed by atoms with van der Waals surface area (Å²) in [6.07, 6.45) is 0. The van der Waals surface area contributed by atoms with Crippen molar-refractivity contribution in [3.63, 3.8) is 0 Å². The summed E-state index contributed by atoms with van der Waals surface area (Å²) in [6, 6.07) is 10.5. The Kier molecular flexibility index (Phi) is 3.52. The van der Waals surface area contributed by atoms with E-state index in [0.717, 1.165) is 16.9 Å². The minimum atomic E-state index is -0.0887. The molecule has 3 aromatic rings. The number of hydrogen-bond donors (Lipinski definition) is 0. The number of ether oxygens (including phenoxy) is 1. The van der Waals surface area contributed by atoms with Crippen molar-refractivity contribution < 1.29 is 4.74 Å². The van der Waals surface area contributed by atoms with Gasteiger partial charge in [-0.25, -0.2) is 0 Å². The Morgan fingerprint density at radius 2 is 2.00 bits per heavy atom. The van der Waals surface area contributed by atoms with Gasteiger partial charge in [0.2, 0.25) is 0 Å². The maximum Gasteiger partial charge on any atom is 0.121 e. The van der Waals surface area contributed by atoms with Crippen molar-refractivity contribution in [2.45, 2.75) is 12.3 Å². The second-order valence-corrected chi connectivity index (χ2v) is 6.89. The van der Waals surface area contributed by atoms with E-state index in [4.69, 9.17) is 16.3 Å². The zero-order valence-electron chi connectivity index (χ0n) is 10.6. The second kappa shape index (κ2) is 5.16. The van der Waals surface area contributed by atoms with Crippen LogP contribution in [0, 0.1) is 6.92 Å². The molecule has 1 unspecified atom stereocenters. The molecule has 0 bridgehead atoms. The molecule has 2 aromatic heterocycles. The van der Waals surface area contributed by atoms with Crippen LogP contribution in [0.5, 0.6) is 5.75 Å². The summed E-state index contributed by atoms with van der Waals surface area (Å²) in [5.41, 5.74) is 2.23. The minimum Gasteiger partial charge on any atom is -0.496 e. The first-order valence-corrected chi connectivity index (χ1v) is 8.08. The van der Waals surface area contributed by atoms with Crippen LogP contribution in [0.2, 0.25) is 0 Å². The standard InChI is InChI=1S/C15H13ClOS2/c1-9-7-10(3-4-11(9)17-2)15(16)14-8-13-12(19-14)5-6-18-13/h3-8,15H,1-2H3. The van der Waals surface area contributed by atoms with Crippen LogP contribution in [0.15, 0.2) is 35.7 Å². The van der Waals surface area contributed by atoms with Crippen molar-refractivity contribution >= 4 is 43.7 Å². The summed E-state index contributed by atoms with van der Waals surface area (Å²) < 4.78 is 7.91. The summed E-state index contributed by atoms with van der Waals surface area (Å²) in [5, 5.41) is 2.03. The van der Waals surface area contributed by atoms with Gasteiger partial charge in [0, 0.05) is 14.3 Å². The second-order valence-electron chi connectivity index (χ2n) is 4.39. The predicted molar refractivity (Wildman–Crippen MR) is 85.1 cm³/mol. The molecule has 0 saturated heterocycles. The Morgan fingerprint density at radius 1 is 1.16 bits per heavy atom. The van der Waals surface area contributed by atoms with Crippen molar-refractivity contribution in [3.05, 3.63) is 51.7 Å². The van der Waals surface area contributed by atoms with E-state index in [2.05, 4.69) is 23.6 Å². The van der Waals surface area contributed by atoms with Crippen molar-refractivity contribution in [1.82, 2.24) is 0 Å². The number of methoxy groups -OCH3 is 1. The van der Waals surface area contributed by atoms with E-state index in [1.165, 1.54) is 14.3 Å². The fraction of sp³-hybridized carbons (Fsp3) is 0.200. The summed E-state index contributed by atoms with van der Waals surface area (Å²) >= 11 is 10.1. The third-order valence-electron chi connectivity index (χ3n) is 3.12. The fourth-order valence-electron chi connectivity index (χ4n) is 2.13. The third-order valence-corrected chi connectivity index (χ3v) is 5.89. The lowest BCUT2D eigenvalue weighted by Crippen LogP contribution is -1.93. The lowest BCUT2D eigenvalue weighted by atomic mass is 10.1. The molecular weight excluding hydrogens is 296 g/mol. The summed E-state index contributed by atoms with van der Waals surface area (Å²) in [5.74, 6) is 0.903. The number of hydrogen-bond acceptors (Lipinski definition) is 3. The van der Waals surface area contributed by atoms with Gasteiger partial charge >= 0.3 is 0 Å². The van der Waals surface area contributed by atoms with Crippen LogP contribution in [-0.4, -0.2) is 7.11 Å². The molecule has 1 nitrogen and oxygen atoms in total. The Bertz CT molecular complexity index is 685. The molecule has 0 aliphatic heterocycles. The number of benzene rings is 1. The first-order valence-electron chi connectivity index (χ1n) is 5.94. The molecule has 0 N–H and O–H groups in total. The van der Waals surface area contributed by atoms with Gasteiger partial charge in [0.15, 0.2) is 0 Å². The van der Waals surface area contributed by atoms with Gasteiger partial charge in [0.25, 0.3) is 0 Å². The number of thiophene rings is 2. The molecular formula is C15H13ClOS2. The fourth-order valence-corrected chi connectivity index (χ4v) is 4.59. The molecule has 0 fully saturated rings. The van der Waals surface area contributed by atoms with E-state index in [-0.39, 0.29) is 5.38 Å². The van der Waals surface area contributed by atoms with Crippen molar-refractivity contribution in [1.29, 1.82) is 0 Å². The van der Waals surface area contributed by atoms with E-state index < -0.39 is 0 Å². The van der Waals surface area contributed by atoms with E-state index in [1.807, 2.05) is 19.1 Å². The van der Waals surface area contributed by atoms with Gasteiger partial charge in [0.1, 0.15) is 5.75 Å². The average molecular weight is 309 g/mol. The summed E-state index contributed by atoms with van der Waals surface area (Å²) in [6.45, 7) is 2.04. The summed E-state index contributed by atoms with van der Waals surface area (Å²) in [7, 11) is 1.69. The summed E-state index contributed by atoms with van der Waals surface area (Å²) in [4.78, 5) is 1.20. The molecule has 0 aliphatic carbocycles. The predicted octanol–water partition coefficient (Wildman–Crippen LogP) is 5.61. The molecule has 1 aromatic carbocycles. The van der Waals surface area contributed by atoms with Crippen molar-refractivity contribution in [2.75, 3.05) is 7.11 Å². The lowest BCUT2D eigenvalue weighted by molar-refractivity contribution is 0.411. The molecule has 2 heterocycles. The Balaban J connectivity index is 1.96. The van der Waals surface area contributed by atoms with Crippen molar-refractivity contribution in [3.8, 4) is 5.75 Å². The van der Waals surface area contributed by atoms with Crippen LogP contribution in [0.3, 0.4) is 0 Å². The van der Waals surface area contributed by atoms with Gasteiger partial charge in [-0.2, -0.15) is 0 Å². The number of halogens is 1. The van der Waals surface area contributed by atoms with Gasteiger partial charge in [-0.3, -0.25) is 0 Å². The lowest BCUT2D eigenvalue weighted by Gasteiger charge is -2.11. The SMILES string of the molecule is COc1ccc(C(Cl)c2cc3sccc3s2)cc1C. The molecule has 19 heavy (non-hydrogen) atoms. The first-order chi connectivity index (χ1) is 9.19. The Hall–Kier alpha value is -1.03. The maximum absolute atomic E-state index is 6.60. The van der Waals surface area contributed by atoms with Crippen LogP contribution < -0.4 is 4.74 Å². The highest BCUT2D eigenvalue weighted by Crippen LogP contribution is 2.39.